The van der Waals surface area contributed by atoms with Gasteiger partial charge in [0.05, 0.1) is 5.52 Å². The molecule has 0 spiro atoms. The number of rotatable bonds is 3. The van der Waals surface area contributed by atoms with Gasteiger partial charge in [-0.25, -0.2) is 20.8 Å². The van der Waals surface area contributed by atoms with Crippen LogP contribution in [0.15, 0.2) is 45.3 Å². The molecule has 0 fully saturated rings. The normalized spacial score (nSPS) is 10.7. The topological polar surface area (TPSA) is 136 Å². The first kappa shape index (κ1) is 13.3. The van der Waals surface area contributed by atoms with Crippen LogP contribution in [0.5, 0.6) is 0 Å². The van der Waals surface area contributed by atoms with Crippen LogP contribution in [-0.4, -0.2) is 19.9 Å². The number of H-pyrrole nitrogens is 1. The number of nitrogens with one attached hydrogen (secondary N) is 2. The molecule has 106 valence electrons. The van der Waals surface area contributed by atoms with Crippen molar-refractivity contribution in [2.75, 3.05) is 11.2 Å². The molecule has 0 saturated carbocycles. The number of nitrogen functional groups attached to an aromatic ring is 2. The van der Waals surface area contributed by atoms with Crippen molar-refractivity contribution in [1.82, 2.24) is 19.9 Å². The number of aromatic nitrogens is 4. The van der Waals surface area contributed by atoms with Crippen molar-refractivity contribution in [3.63, 3.8) is 0 Å². The molecule has 0 bridgehead atoms. The molecule has 0 atom stereocenters. The summed E-state index contributed by atoms with van der Waals surface area (Å²) < 4.78 is 0. The van der Waals surface area contributed by atoms with E-state index in [4.69, 9.17) is 11.6 Å². The van der Waals surface area contributed by atoms with Gasteiger partial charge < -0.3 is 10.7 Å². The van der Waals surface area contributed by atoms with Crippen LogP contribution in [-0.2, 0) is 0 Å². The van der Waals surface area contributed by atoms with Crippen LogP contribution in [0, 0.1) is 0 Å². The van der Waals surface area contributed by atoms with Crippen LogP contribution in [0.25, 0.3) is 10.9 Å². The lowest BCUT2D eigenvalue weighted by atomic mass is 10.2. The second-order valence-corrected chi connectivity index (χ2v) is 5.07. The van der Waals surface area contributed by atoms with E-state index in [1.807, 2.05) is 24.3 Å². The molecule has 0 radical (unpaired) electrons. The highest BCUT2D eigenvalue weighted by Gasteiger charge is 2.10. The Morgan fingerprint density at radius 2 is 2.00 bits per heavy atom. The second kappa shape index (κ2) is 5.38. The van der Waals surface area contributed by atoms with Crippen molar-refractivity contribution in [2.24, 2.45) is 5.84 Å². The van der Waals surface area contributed by atoms with E-state index in [1.165, 1.54) is 17.8 Å². The number of nitrogens with two attached hydrogens (primary N) is 2. The molecule has 0 aliphatic rings. The zero-order valence-corrected chi connectivity index (χ0v) is 11.5. The van der Waals surface area contributed by atoms with Gasteiger partial charge in [0.15, 0.2) is 5.16 Å². The Labute approximate surface area is 123 Å². The number of hydrogen-bond donors (Lipinski definition) is 4. The van der Waals surface area contributed by atoms with Gasteiger partial charge >= 0.3 is 0 Å². The van der Waals surface area contributed by atoms with Gasteiger partial charge in [-0.1, -0.05) is 18.2 Å². The average molecular weight is 301 g/mol. The van der Waals surface area contributed by atoms with Gasteiger partial charge in [-0.15, -0.1) is 0 Å². The summed E-state index contributed by atoms with van der Waals surface area (Å²) >= 11 is 1.18. The third kappa shape index (κ3) is 2.78. The summed E-state index contributed by atoms with van der Waals surface area (Å²) in [5.74, 6) is 5.80. The maximum atomic E-state index is 11.4. The molecule has 0 saturated heterocycles. The zero-order chi connectivity index (χ0) is 14.8. The molecule has 6 N–H and O–H groups in total. The van der Waals surface area contributed by atoms with Crippen molar-refractivity contribution in [3.05, 3.63) is 40.7 Å². The number of benzene rings is 1. The van der Waals surface area contributed by atoms with E-state index in [9.17, 15) is 4.79 Å². The molecule has 1 aromatic carbocycles. The Bertz CT molecular complexity index is 864. The summed E-state index contributed by atoms with van der Waals surface area (Å²) in [5, 5.41) is 1.79. The third-order valence-corrected chi connectivity index (χ3v) is 3.52. The van der Waals surface area contributed by atoms with E-state index in [-0.39, 0.29) is 17.3 Å². The minimum atomic E-state index is -0.319. The van der Waals surface area contributed by atoms with E-state index in [1.54, 1.807) is 0 Å². The van der Waals surface area contributed by atoms with Gasteiger partial charge in [-0.3, -0.25) is 10.2 Å². The van der Waals surface area contributed by atoms with Gasteiger partial charge in [-0.2, -0.15) is 0 Å². The quantitative estimate of drug-likeness (QED) is 0.240. The molecule has 2 heterocycles. The lowest BCUT2D eigenvalue weighted by Crippen LogP contribution is -2.11. The van der Waals surface area contributed by atoms with Crippen molar-refractivity contribution in [3.8, 4) is 0 Å². The number of aromatic amines is 1. The highest BCUT2D eigenvalue weighted by molar-refractivity contribution is 7.99. The van der Waals surface area contributed by atoms with Crippen molar-refractivity contribution < 1.29 is 0 Å². The minimum Gasteiger partial charge on any atom is -0.383 e. The first-order chi connectivity index (χ1) is 10.2. The molecule has 21 heavy (non-hydrogen) atoms. The van der Waals surface area contributed by atoms with E-state index in [0.29, 0.717) is 10.2 Å². The monoisotopic (exact) mass is 301 g/mol. The average Bonchev–Trinajstić information content (AvgIpc) is 2.46. The number of nitrogens with zero attached hydrogens (tertiary/aromatic N) is 3. The Morgan fingerprint density at radius 3 is 2.76 bits per heavy atom. The standard InChI is InChI=1S/C12H11N7OS/c13-8-5-9(20)17-12(16-8)21-10-6-3-1-2-4-7(6)15-11(18-10)19-14/h1-5H,14H2,(H,15,18,19)(H3,13,16,17,20). The van der Waals surface area contributed by atoms with Gasteiger partial charge in [0.1, 0.15) is 10.8 Å². The van der Waals surface area contributed by atoms with Crippen LogP contribution < -0.4 is 22.6 Å². The van der Waals surface area contributed by atoms with Gasteiger partial charge in [0, 0.05) is 11.5 Å². The Balaban J connectivity index is 2.12. The maximum absolute atomic E-state index is 11.4. The zero-order valence-electron chi connectivity index (χ0n) is 10.7. The SMILES string of the molecule is NNc1nc(Sc2nc(N)cc(=O)[nH]2)c2ccccc2n1. The Morgan fingerprint density at radius 1 is 1.19 bits per heavy atom. The molecule has 3 rings (SSSR count). The molecule has 0 aliphatic carbocycles. The smallest absolute Gasteiger partial charge is 0.253 e. The predicted molar refractivity (Wildman–Crippen MR) is 80.7 cm³/mol. The fourth-order valence-corrected chi connectivity index (χ4v) is 2.68. The lowest BCUT2D eigenvalue weighted by Gasteiger charge is -2.07. The summed E-state index contributed by atoms with van der Waals surface area (Å²) in [6, 6.07) is 8.68. The molecular formula is C12H11N7OS. The first-order valence-electron chi connectivity index (χ1n) is 5.94. The fraction of sp³-hybridized carbons (Fsp3) is 0. The number of hydrazine groups is 1. The minimum absolute atomic E-state index is 0.150. The summed E-state index contributed by atoms with van der Waals surface area (Å²) in [7, 11) is 0. The summed E-state index contributed by atoms with van der Waals surface area (Å²) in [5.41, 5.74) is 8.40. The molecule has 3 aromatic rings. The van der Waals surface area contributed by atoms with E-state index >= 15 is 0 Å². The second-order valence-electron chi connectivity index (χ2n) is 4.09. The van der Waals surface area contributed by atoms with Gasteiger partial charge in [0.25, 0.3) is 5.56 Å². The Hall–Kier alpha value is -2.65. The number of hydrogen-bond acceptors (Lipinski definition) is 8. The van der Waals surface area contributed by atoms with Crippen molar-refractivity contribution in [1.29, 1.82) is 0 Å². The molecule has 0 unspecified atom stereocenters. The highest BCUT2D eigenvalue weighted by Crippen LogP contribution is 2.29. The number of anilines is 2. The van der Waals surface area contributed by atoms with Crippen LogP contribution in [0.4, 0.5) is 11.8 Å². The van der Waals surface area contributed by atoms with Crippen molar-refractivity contribution in [2.45, 2.75) is 10.2 Å². The Kier molecular flexibility index (Phi) is 3.42. The lowest BCUT2D eigenvalue weighted by molar-refractivity contribution is 0.940. The summed E-state index contributed by atoms with van der Waals surface area (Å²) in [6.07, 6.45) is 0. The van der Waals surface area contributed by atoms with Crippen LogP contribution >= 0.6 is 11.8 Å². The molecular weight excluding hydrogens is 290 g/mol. The van der Waals surface area contributed by atoms with Crippen LogP contribution in [0.3, 0.4) is 0 Å². The van der Waals surface area contributed by atoms with Crippen LogP contribution in [0.1, 0.15) is 0 Å². The molecule has 0 aliphatic heterocycles. The third-order valence-electron chi connectivity index (χ3n) is 2.63. The number of fused-ring (bicyclic) bond motifs is 1. The van der Waals surface area contributed by atoms with E-state index < -0.39 is 0 Å². The first-order valence-corrected chi connectivity index (χ1v) is 6.75. The molecule has 0 amide bonds. The number of para-hydroxylation sites is 1. The maximum Gasteiger partial charge on any atom is 0.253 e. The van der Waals surface area contributed by atoms with E-state index in [2.05, 4.69) is 25.4 Å². The predicted octanol–water partition coefficient (Wildman–Crippen LogP) is 0.732. The largest absolute Gasteiger partial charge is 0.383 e. The van der Waals surface area contributed by atoms with Crippen molar-refractivity contribution >= 4 is 34.4 Å². The fourth-order valence-electron chi connectivity index (χ4n) is 1.78. The molecule has 8 nitrogen and oxygen atoms in total. The van der Waals surface area contributed by atoms with Gasteiger partial charge in [0.2, 0.25) is 5.95 Å². The highest BCUT2D eigenvalue weighted by atomic mass is 32.2. The van der Waals surface area contributed by atoms with Gasteiger partial charge in [-0.05, 0) is 17.8 Å². The summed E-state index contributed by atoms with van der Waals surface area (Å²) in [4.78, 5) is 26.6. The van der Waals surface area contributed by atoms with Crippen LogP contribution in [0.2, 0.25) is 0 Å². The molecule has 2 aromatic heterocycles. The molecule has 9 heteroatoms. The van der Waals surface area contributed by atoms with E-state index in [0.717, 1.165) is 10.9 Å². The summed E-state index contributed by atoms with van der Waals surface area (Å²) in [6.45, 7) is 0.